The van der Waals surface area contributed by atoms with Gasteiger partial charge in [-0.25, -0.2) is 0 Å². The molecule has 1 fully saturated rings. The minimum absolute atomic E-state index is 0. The van der Waals surface area contributed by atoms with Crippen LogP contribution in [0.1, 0.15) is 48.4 Å². The summed E-state index contributed by atoms with van der Waals surface area (Å²) in [7, 11) is 0. The van der Waals surface area contributed by atoms with E-state index in [0.29, 0.717) is 31.0 Å². The van der Waals surface area contributed by atoms with Crippen LogP contribution in [0.3, 0.4) is 0 Å². The molecule has 0 aromatic heterocycles. The van der Waals surface area contributed by atoms with Crippen molar-refractivity contribution in [2.24, 2.45) is 11.7 Å². The van der Waals surface area contributed by atoms with Crippen LogP contribution in [0.2, 0.25) is 0 Å². The molecule has 9 heteroatoms. The van der Waals surface area contributed by atoms with E-state index in [1.165, 1.54) is 0 Å². The molecule has 3 N–H and O–H groups in total. The molecule has 1 aromatic carbocycles. The second-order valence-corrected chi connectivity index (χ2v) is 5.86. The summed E-state index contributed by atoms with van der Waals surface area (Å²) >= 11 is 0. The first-order valence-corrected chi connectivity index (χ1v) is 7.24. The van der Waals surface area contributed by atoms with Gasteiger partial charge in [-0.2, -0.15) is 26.3 Å². The molecule has 1 saturated carbocycles. The van der Waals surface area contributed by atoms with E-state index in [0.717, 1.165) is 12.8 Å². The van der Waals surface area contributed by atoms with E-state index >= 15 is 0 Å². The van der Waals surface area contributed by atoms with Crippen LogP contribution in [0, 0.1) is 5.92 Å². The number of halogens is 7. The van der Waals surface area contributed by atoms with Gasteiger partial charge in [-0.3, -0.25) is 0 Å². The molecule has 2 atom stereocenters. The third-order valence-corrected chi connectivity index (χ3v) is 4.29. The third-order valence-electron chi connectivity index (χ3n) is 4.29. The first kappa shape index (κ1) is 21.1. The van der Waals surface area contributed by atoms with Gasteiger partial charge in [0.2, 0.25) is 0 Å². The minimum Gasteiger partial charge on any atom is -0.391 e. The Morgan fingerprint density at radius 2 is 1.54 bits per heavy atom. The summed E-state index contributed by atoms with van der Waals surface area (Å²) in [6.45, 7) is 0. The molecule has 0 unspecified atom stereocenters. The van der Waals surface area contributed by atoms with E-state index in [4.69, 9.17) is 5.73 Å². The number of aliphatic hydroxyl groups excluding tert-OH is 1. The Morgan fingerprint density at radius 3 is 2.00 bits per heavy atom. The molecule has 0 amide bonds. The average molecular weight is 378 g/mol. The van der Waals surface area contributed by atoms with Gasteiger partial charge in [0.15, 0.2) is 0 Å². The fourth-order valence-electron chi connectivity index (χ4n) is 3.05. The van der Waals surface area contributed by atoms with Crippen LogP contribution < -0.4 is 5.73 Å². The van der Waals surface area contributed by atoms with Crippen molar-refractivity contribution < 1.29 is 31.4 Å². The number of nitrogens with two attached hydrogens (primary N) is 1. The molecule has 24 heavy (non-hydrogen) atoms. The van der Waals surface area contributed by atoms with E-state index in [9.17, 15) is 31.4 Å². The lowest BCUT2D eigenvalue weighted by Gasteiger charge is -2.27. The molecule has 0 aliphatic heterocycles. The molecule has 0 bridgehead atoms. The molecule has 1 aromatic rings. The maximum Gasteiger partial charge on any atom is 0.416 e. The summed E-state index contributed by atoms with van der Waals surface area (Å²) in [6.07, 6.45) is -8.07. The van der Waals surface area contributed by atoms with E-state index in [1.54, 1.807) is 0 Å². The molecule has 2 nitrogen and oxygen atoms in total. The predicted molar refractivity (Wildman–Crippen MR) is 78.6 cm³/mol. The summed E-state index contributed by atoms with van der Waals surface area (Å²) < 4.78 is 77.5. The van der Waals surface area contributed by atoms with E-state index in [1.807, 2.05) is 0 Å². The number of hydrogen-bond donors (Lipinski definition) is 2. The Kier molecular flexibility index (Phi) is 6.57. The van der Waals surface area contributed by atoms with Crippen molar-refractivity contribution in [1.29, 1.82) is 0 Å². The van der Waals surface area contributed by atoms with Gasteiger partial charge in [-0.1, -0.05) is 12.8 Å². The molecule has 0 spiro atoms. The second-order valence-electron chi connectivity index (χ2n) is 5.86. The monoisotopic (exact) mass is 377 g/mol. The van der Waals surface area contributed by atoms with Crippen molar-refractivity contribution in [2.75, 3.05) is 0 Å². The van der Waals surface area contributed by atoms with E-state index in [2.05, 4.69) is 0 Å². The van der Waals surface area contributed by atoms with Crippen LogP contribution in [0.5, 0.6) is 0 Å². The smallest absolute Gasteiger partial charge is 0.391 e. The van der Waals surface area contributed by atoms with Crippen molar-refractivity contribution in [1.82, 2.24) is 0 Å². The lowest BCUT2D eigenvalue weighted by atomic mass is 9.87. The van der Waals surface area contributed by atoms with E-state index in [-0.39, 0.29) is 18.3 Å². The number of benzene rings is 1. The van der Waals surface area contributed by atoms with Crippen LogP contribution in [-0.2, 0) is 12.4 Å². The van der Waals surface area contributed by atoms with Gasteiger partial charge in [0.25, 0.3) is 0 Å². The maximum absolute atomic E-state index is 13.1. The molecule has 0 saturated heterocycles. The van der Waals surface area contributed by atoms with Gasteiger partial charge in [0.1, 0.15) is 0 Å². The summed E-state index contributed by atoms with van der Waals surface area (Å²) in [5.41, 5.74) is 2.54. The quantitative estimate of drug-likeness (QED) is 0.750. The van der Waals surface area contributed by atoms with E-state index < -0.39 is 41.2 Å². The minimum atomic E-state index is -4.84. The highest BCUT2D eigenvalue weighted by Crippen LogP contribution is 2.40. The molecule has 1 aliphatic rings. The Morgan fingerprint density at radius 1 is 1.00 bits per heavy atom. The summed E-state index contributed by atoms with van der Waals surface area (Å²) in [5, 5.41) is 10.2. The number of rotatable bonds is 3. The zero-order valence-electron chi connectivity index (χ0n) is 12.5. The Hall–Kier alpha value is -0.990. The Balaban J connectivity index is 0.00000288. The van der Waals surface area contributed by atoms with Crippen molar-refractivity contribution in [3.8, 4) is 0 Å². The molecule has 0 heterocycles. The van der Waals surface area contributed by atoms with Gasteiger partial charge in [-0.05, 0) is 42.5 Å². The normalized spacial score (nSPS) is 19.0. The van der Waals surface area contributed by atoms with Crippen LogP contribution in [-0.4, -0.2) is 11.2 Å². The average Bonchev–Trinajstić information content (AvgIpc) is 2.97. The second kappa shape index (κ2) is 7.49. The molecular weight excluding hydrogens is 360 g/mol. The zero-order chi connectivity index (χ0) is 17.4. The Bertz CT molecular complexity index is 554. The fraction of sp³-hybridized carbons (Fsp3) is 0.600. The number of alkyl halides is 6. The van der Waals surface area contributed by atoms with Crippen LogP contribution in [0.15, 0.2) is 18.2 Å². The molecule has 1 aliphatic carbocycles. The topological polar surface area (TPSA) is 46.2 Å². The van der Waals surface area contributed by atoms with Gasteiger partial charge >= 0.3 is 12.4 Å². The lowest BCUT2D eigenvalue weighted by molar-refractivity contribution is -0.142. The number of aliphatic hydroxyl groups is 1. The van der Waals surface area contributed by atoms with Crippen molar-refractivity contribution >= 4 is 12.4 Å². The molecular formula is C15H18ClF6NO. The summed E-state index contributed by atoms with van der Waals surface area (Å²) in [4.78, 5) is 0. The van der Waals surface area contributed by atoms with Crippen molar-refractivity contribution in [3.05, 3.63) is 34.9 Å². The first-order valence-electron chi connectivity index (χ1n) is 7.24. The highest BCUT2D eigenvalue weighted by atomic mass is 35.5. The zero-order valence-corrected chi connectivity index (χ0v) is 13.3. The lowest BCUT2D eigenvalue weighted by Crippen LogP contribution is -2.33. The van der Waals surface area contributed by atoms with Crippen LogP contribution in [0.25, 0.3) is 0 Å². The van der Waals surface area contributed by atoms with Crippen LogP contribution >= 0.6 is 12.4 Å². The fourth-order valence-corrected chi connectivity index (χ4v) is 3.05. The maximum atomic E-state index is 13.1. The highest BCUT2D eigenvalue weighted by molar-refractivity contribution is 5.85. The molecule has 138 valence electrons. The van der Waals surface area contributed by atoms with Crippen molar-refractivity contribution in [3.63, 3.8) is 0 Å². The number of hydrogen-bond acceptors (Lipinski definition) is 2. The van der Waals surface area contributed by atoms with Crippen molar-refractivity contribution in [2.45, 2.75) is 50.2 Å². The van der Waals surface area contributed by atoms with Gasteiger partial charge in [-0.15, -0.1) is 12.4 Å². The summed E-state index contributed by atoms with van der Waals surface area (Å²) in [5.74, 6) is -0.291. The standard InChI is InChI=1S/C15H17F6NO.ClH/c16-14(17,18)9-5-6-11(15(19,20)21)10(7-9)12(22)13(23)8-3-1-2-4-8;/h5-8,12-13,23H,1-4,22H2;1H/t12-,13+;/m0./s1. The summed E-state index contributed by atoms with van der Waals surface area (Å²) in [6, 6.07) is -0.372. The molecule has 2 rings (SSSR count). The van der Waals surface area contributed by atoms with Crippen LogP contribution in [0.4, 0.5) is 26.3 Å². The largest absolute Gasteiger partial charge is 0.416 e. The van der Waals surface area contributed by atoms with Gasteiger partial charge < -0.3 is 10.8 Å². The first-order chi connectivity index (χ1) is 10.5. The SMILES string of the molecule is Cl.N[C@@H](c1cc(C(F)(F)F)ccc1C(F)(F)F)[C@H](O)C1CCCC1. The van der Waals surface area contributed by atoms with Gasteiger partial charge in [0, 0.05) is 0 Å². The molecule has 0 radical (unpaired) electrons. The van der Waals surface area contributed by atoms with Gasteiger partial charge in [0.05, 0.1) is 23.3 Å². The predicted octanol–water partition coefficient (Wildman–Crippen LogP) is 4.70. The highest BCUT2D eigenvalue weighted by Gasteiger charge is 2.40. The Labute approximate surface area is 141 Å². The third kappa shape index (κ3) is 4.55.